The summed E-state index contributed by atoms with van der Waals surface area (Å²) in [7, 11) is 0. The number of nitrogens with one attached hydrogen (secondary N) is 1. The Bertz CT molecular complexity index is 415. The van der Waals surface area contributed by atoms with Crippen molar-refractivity contribution in [2.24, 2.45) is 22.4 Å². The lowest BCUT2D eigenvalue weighted by atomic mass is 9.69. The number of rotatable bonds is 1. The van der Waals surface area contributed by atoms with Gasteiger partial charge in [-0.1, -0.05) is 25.3 Å². The Kier molecular flexibility index (Phi) is 2.47. The molecule has 17 heavy (non-hydrogen) atoms. The van der Waals surface area contributed by atoms with E-state index >= 15 is 0 Å². The van der Waals surface area contributed by atoms with Crippen molar-refractivity contribution in [2.75, 3.05) is 6.54 Å². The summed E-state index contributed by atoms with van der Waals surface area (Å²) in [6, 6.07) is 0. The van der Waals surface area contributed by atoms with Crippen LogP contribution in [0.4, 0.5) is 0 Å². The van der Waals surface area contributed by atoms with Gasteiger partial charge in [-0.05, 0) is 18.8 Å². The molecule has 1 fully saturated rings. The minimum atomic E-state index is -0.485. The van der Waals surface area contributed by atoms with Gasteiger partial charge in [0.2, 0.25) is 0 Å². The second-order valence-electron chi connectivity index (χ2n) is 5.26. The van der Waals surface area contributed by atoms with Gasteiger partial charge >= 0.3 is 0 Å². The first-order valence-electron chi connectivity index (χ1n) is 6.50. The molecule has 3 rings (SSSR count). The molecule has 0 radical (unpaired) electrons. The maximum Gasteiger partial charge on any atom is 0.131 e. The van der Waals surface area contributed by atoms with Crippen molar-refractivity contribution in [1.29, 1.82) is 0 Å². The van der Waals surface area contributed by atoms with Crippen molar-refractivity contribution in [1.82, 2.24) is 5.32 Å². The Hall–Kier alpha value is -1.29. The van der Waals surface area contributed by atoms with E-state index in [2.05, 4.69) is 16.4 Å². The normalized spacial score (nSPS) is 33.4. The zero-order chi connectivity index (χ0) is 11.9. The highest BCUT2D eigenvalue weighted by atomic mass is 15.1. The van der Waals surface area contributed by atoms with Crippen molar-refractivity contribution in [3.63, 3.8) is 0 Å². The molecular weight excluding hydrogens is 212 g/mol. The largest absolute Gasteiger partial charge is 0.399 e. The van der Waals surface area contributed by atoms with Gasteiger partial charge in [0.15, 0.2) is 0 Å². The van der Waals surface area contributed by atoms with E-state index in [0.29, 0.717) is 5.92 Å². The van der Waals surface area contributed by atoms with Gasteiger partial charge < -0.3 is 16.8 Å². The Balaban J connectivity index is 1.98. The second kappa shape index (κ2) is 3.88. The summed E-state index contributed by atoms with van der Waals surface area (Å²) in [4.78, 5) is 4.33. The van der Waals surface area contributed by atoms with Crippen molar-refractivity contribution >= 4 is 5.84 Å². The molecule has 0 spiro atoms. The van der Waals surface area contributed by atoms with Gasteiger partial charge in [-0.2, -0.15) is 0 Å². The standard InChI is InChI=1S/C13H20N4/c14-11-8-17-12-10(6-7-16-12)13(11,15)9-4-2-1-3-5-9/h6,8-9H,1-5,7,14-15H2,(H,16,17). The van der Waals surface area contributed by atoms with E-state index in [-0.39, 0.29) is 0 Å². The predicted octanol–water partition coefficient (Wildman–Crippen LogP) is 1.01. The summed E-state index contributed by atoms with van der Waals surface area (Å²) in [5.74, 6) is 1.39. The maximum absolute atomic E-state index is 6.68. The van der Waals surface area contributed by atoms with E-state index in [0.717, 1.165) is 23.7 Å². The van der Waals surface area contributed by atoms with E-state index in [1.54, 1.807) is 6.20 Å². The molecule has 0 amide bonds. The predicted molar refractivity (Wildman–Crippen MR) is 69.3 cm³/mol. The van der Waals surface area contributed by atoms with Crippen LogP contribution in [0, 0.1) is 5.92 Å². The van der Waals surface area contributed by atoms with Gasteiger partial charge in [-0.25, -0.2) is 4.99 Å². The molecule has 4 nitrogen and oxygen atoms in total. The number of fused-ring (bicyclic) bond motifs is 1. The number of hydrogen-bond acceptors (Lipinski definition) is 4. The second-order valence-corrected chi connectivity index (χ2v) is 5.26. The van der Waals surface area contributed by atoms with Gasteiger partial charge in [0, 0.05) is 12.1 Å². The molecule has 0 bridgehead atoms. The molecule has 1 unspecified atom stereocenters. The van der Waals surface area contributed by atoms with Gasteiger partial charge in [0.25, 0.3) is 0 Å². The first-order valence-corrected chi connectivity index (χ1v) is 6.50. The van der Waals surface area contributed by atoms with Crippen LogP contribution in [0.3, 0.4) is 0 Å². The quantitative estimate of drug-likeness (QED) is 0.631. The molecule has 0 aromatic carbocycles. The van der Waals surface area contributed by atoms with E-state index in [1.165, 1.54) is 32.1 Å². The number of nitrogens with zero attached hydrogens (tertiary/aromatic N) is 1. The van der Waals surface area contributed by atoms with Crippen LogP contribution in [0.25, 0.3) is 0 Å². The molecule has 2 heterocycles. The minimum Gasteiger partial charge on any atom is -0.399 e. The number of amidine groups is 1. The first kappa shape index (κ1) is 10.8. The fraction of sp³-hybridized carbons (Fsp3) is 0.615. The molecular formula is C13H20N4. The molecule has 0 aromatic heterocycles. The molecule has 4 heteroatoms. The molecule has 0 aromatic rings. The average molecular weight is 232 g/mol. The molecule has 5 N–H and O–H groups in total. The lowest BCUT2D eigenvalue weighted by Gasteiger charge is -2.42. The molecule has 3 aliphatic rings. The number of hydrogen-bond donors (Lipinski definition) is 3. The zero-order valence-electron chi connectivity index (χ0n) is 10.1. The highest BCUT2D eigenvalue weighted by molar-refractivity contribution is 6.04. The summed E-state index contributed by atoms with van der Waals surface area (Å²) < 4.78 is 0. The fourth-order valence-corrected chi connectivity index (χ4v) is 3.33. The van der Waals surface area contributed by atoms with Crippen LogP contribution >= 0.6 is 0 Å². The van der Waals surface area contributed by atoms with Crippen LogP contribution in [0.1, 0.15) is 32.1 Å². The van der Waals surface area contributed by atoms with E-state index in [1.807, 2.05) is 0 Å². The highest BCUT2D eigenvalue weighted by Gasteiger charge is 2.45. The van der Waals surface area contributed by atoms with E-state index < -0.39 is 5.54 Å². The summed E-state index contributed by atoms with van der Waals surface area (Å²) in [6.45, 7) is 0.820. The van der Waals surface area contributed by atoms with Crippen LogP contribution in [0.15, 0.2) is 28.5 Å². The average Bonchev–Trinajstić information content (AvgIpc) is 2.84. The van der Waals surface area contributed by atoms with Crippen molar-refractivity contribution < 1.29 is 0 Å². The monoisotopic (exact) mass is 232 g/mol. The van der Waals surface area contributed by atoms with Gasteiger partial charge in [-0.15, -0.1) is 0 Å². The van der Waals surface area contributed by atoms with Crippen LogP contribution in [0.5, 0.6) is 0 Å². The molecule has 1 atom stereocenters. The topological polar surface area (TPSA) is 76.4 Å². The van der Waals surface area contributed by atoms with Crippen LogP contribution in [-0.4, -0.2) is 17.9 Å². The molecule has 1 saturated carbocycles. The highest BCUT2D eigenvalue weighted by Crippen LogP contribution is 2.40. The maximum atomic E-state index is 6.68. The van der Waals surface area contributed by atoms with Crippen LogP contribution < -0.4 is 16.8 Å². The van der Waals surface area contributed by atoms with Gasteiger partial charge in [-0.3, -0.25) is 0 Å². The summed E-state index contributed by atoms with van der Waals surface area (Å²) >= 11 is 0. The third-order valence-electron chi connectivity index (χ3n) is 4.34. The minimum absolute atomic E-state index is 0.462. The number of nitrogens with two attached hydrogens (primary N) is 2. The summed E-state index contributed by atoms with van der Waals surface area (Å²) in [5, 5.41) is 3.25. The van der Waals surface area contributed by atoms with Gasteiger partial charge in [0.1, 0.15) is 5.84 Å². The first-order chi connectivity index (χ1) is 8.23. The SMILES string of the molecule is NC1=CN=C2NCC=C2C1(N)C1CCCCC1. The van der Waals surface area contributed by atoms with Crippen molar-refractivity contribution in [3.05, 3.63) is 23.5 Å². The summed E-state index contributed by atoms with van der Waals surface area (Å²) in [5.41, 5.74) is 14.2. The Morgan fingerprint density at radius 2 is 2.06 bits per heavy atom. The van der Waals surface area contributed by atoms with Crippen molar-refractivity contribution in [3.8, 4) is 0 Å². The lowest BCUT2D eigenvalue weighted by molar-refractivity contribution is 0.268. The number of aliphatic imine (C=N–C) groups is 1. The van der Waals surface area contributed by atoms with Gasteiger partial charge in [0.05, 0.1) is 17.4 Å². The third-order valence-corrected chi connectivity index (χ3v) is 4.34. The Labute approximate surface area is 102 Å². The van der Waals surface area contributed by atoms with Crippen LogP contribution in [-0.2, 0) is 0 Å². The molecule has 0 saturated heterocycles. The summed E-state index contributed by atoms with van der Waals surface area (Å²) in [6.07, 6.45) is 10.1. The van der Waals surface area contributed by atoms with E-state index in [4.69, 9.17) is 11.5 Å². The van der Waals surface area contributed by atoms with E-state index in [9.17, 15) is 0 Å². The Morgan fingerprint density at radius 3 is 2.82 bits per heavy atom. The van der Waals surface area contributed by atoms with Crippen molar-refractivity contribution in [2.45, 2.75) is 37.6 Å². The molecule has 1 aliphatic carbocycles. The molecule has 2 aliphatic heterocycles. The fourth-order valence-electron chi connectivity index (χ4n) is 3.33. The molecule has 92 valence electrons. The lowest BCUT2D eigenvalue weighted by Crippen LogP contribution is -2.56. The van der Waals surface area contributed by atoms with Crippen LogP contribution in [0.2, 0.25) is 0 Å². The smallest absolute Gasteiger partial charge is 0.131 e. The third kappa shape index (κ3) is 1.51. The zero-order valence-corrected chi connectivity index (χ0v) is 10.1. The Morgan fingerprint density at radius 1 is 1.29 bits per heavy atom.